The maximum Gasteiger partial charge on any atom is 0.230 e. The third-order valence-corrected chi connectivity index (χ3v) is 5.83. The molecule has 0 atom stereocenters. The van der Waals surface area contributed by atoms with Crippen molar-refractivity contribution in [2.75, 3.05) is 0 Å². The average Bonchev–Trinajstić information content (AvgIpc) is 3.22. The van der Waals surface area contributed by atoms with Gasteiger partial charge in [-0.15, -0.1) is 0 Å². The van der Waals surface area contributed by atoms with Gasteiger partial charge in [0.2, 0.25) is 5.55 Å². The van der Waals surface area contributed by atoms with E-state index in [-0.39, 0.29) is 0 Å². The maximum atomic E-state index is 6.35. The second-order valence-electron chi connectivity index (χ2n) is 7.36. The van der Waals surface area contributed by atoms with E-state index in [0.29, 0.717) is 5.55 Å². The molecule has 31 heavy (non-hydrogen) atoms. The summed E-state index contributed by atoms with van der Waals surface area (Å²) in [5.41, 5.74) is 4.80. The summed E-state index contributed by atoms with van der Waals surface area (Å²) in [5, 5.41) is 3.33. The van der Waals surface area contributed by atoms with Gasteiger partial charge in [0.1, 0.15) is 11.4 Å². The molecule has 2 heterocycles. The maximum absolute atomic E-state index is 6.35. The molecule has 5 heteroatoms. The first-order chi connectivity index (χ1) is 15.2. The number of hydrogen-bond acceptors (Lipinski definition) is 3. The van der Waals surface area contributed by atoms with Crippen LogP contribution in [-0.2, 0) is 0 Å². The fraction of sp³-hybridized carbons (Fsp3) is 0. The molecule has 0 bridgehead atoms. The lowest BCUT2D eigenvalue weighted by Crippen LogP contribution is -2.06. The quantitative estimate of drug-likeness (QED) is 0.276. The summed E-state index contributed by atoms with van der Waals surface area (Å²) in [6, 6.07) is 30.3. The van der Waals surface area contributed by atoms with Crippen LogP contribution in [0, 0.1) is 0 Å². The number of aromatic amines is 1. The normalized spacial score (nSPS) is 12.2. The third kappa shape index (κ3) is 3.23. The molecular formula is C26H16BrN3O. The molecular weight excluding hydrogens is 450 g/mol. The minimum Gasteiger partial charge on any atom is -0.438 e. The fourth-order valence-electron chi connectivity index (χ4n) is 3.87. The lowest BCUT2D eigenvalue weighted by Gasteiger charge is -2.06. The van der Waals surface area contributed by atoms with Crippen LogP contribution in [-0.4, -0.2) is 9.97 Å². The zero-order valence-corrected chi connectivity index (χ0v) is 17.9. The number of aromatic nitrogens is 2. The van der Waals surface area contributed by atoms with Gasteiger partial charge in [-0.2, -0.15) is 0 Å². The van der Waals surface area contributed by atoms with Crippen LogP contribution in [0.15, 0.2) is 105 Å². The molecule has 0 spiro atoms. The van der Waals surface area contributed by atoms with Crippen molar-refractivity contribution < 1.29 is 4.42 Å². The third-order valence-electron chi connectivity index (χ3n) is 5.34. The van der Waals surface area contributed by atoms with Gasteiger partial charge in [-0.25, -0.2) is 9.98 Å². The van der Waals surface area contributed by atoms with Crippen molar-refractivity contribution in [1.29, 1.82) is 0 Å². The van der Waals surface area contributed by atoms with Crippen LogP contribution >= 0.6 is 15.9 Å². The van der Waals surface area contributed by atoms with Crippen LogP contribution in [0.1, 0.15) is 0 Å². The van der Waals surface area contributed by atoms with Gasteiger partial charge in [0.25, 0.3) is 0 Å². The second-order valence-corrected chi connectivity index (χ2v) is 8.27. The molecule has 0 fully saturated rings. The van der Waals surface area contributed by atoms with Gasteiger partial charge >= 0.3 is 0 Å². The van der Waals surface area contributed by atoms with Crippen molar-refractivity contribution in [3.63, 3.8) is 0 Å². The lowest BCUT2D eigenvalue weighted by molar-refractivity contribution is 0.547. The number of hydrogen-bond donors (Lipinski definition) is 1. The Bertz CT molecular complexity index is 1630. The number of rotatable bonds is 2. The van der Waals surface area contributed by atoms with Crippen molar-refractivity contribution in [1.82, 2.24) is 9.97 Å². The molecule has 2 aromatic heterocycles. The Balaban J connectivity index is 1.71. The van der Waals surface area contributed by atoms with Crippen molar-refractivity contribution in [3.8, 4) is 11.4 Å². The molecule has 0 aliphatic rings. The van der Waals surface area contributed by atoms with Gasteiger partial charge in [0.15, 0.2) is 0 Å². The van der Waals surface area contributed by atoms with E-state index < -0.39 is 0 Å². The Labute approximate surface area is 186 Å². The van der Waals surface area contributed by atoms with Gasteiger partial charge in [-0.05, 0) is 53.2 Å². The van der Waals surface area contributed by atoms with Crippen LogP contribution in [0.2, 0.25) is 0 Å². The van der Waals surface area contributed by atoms with Crippen LogP contribution in [0.4, 0.5) is 5.69 Å². The summed E-state index contributed by atoms with van der Waals surface area (Å²) >= 11 is 3.52. The summed E-state index contributed by atoms with van der Waals surface area (Å²) in [4.78, 5) is 13.0. The topological polar surface area (TPSA) is 54.2 Å². The molecule has 1 N–H and O–H groups in total. The number of imidazole rings is 1. The van der Waals surface area contributed by atoms with E-state index in [0.717, 1.165) is 54.3 Å². The fourth-order valence-corrected chi connectivity index (χ4v) is 4.26. The van der Waals surface area contributed by atoms with E-state index in [1.54, 1.807) is 0 Å². The number of benzene rings is 4. The first kappa shape index (κ1) is 18.1. The Morgan fingerprint density at radius 2 is 1.68 bits per heavy atom. The Morgan fingerprint density at radius 1 is 0.806 bits per heavy atom. The molecule has 0 unspecified atom stereocenters. The first-order valence-corrected chi connectivity index (χ1v) is 10.7. The Kier molecular flexibility index (Phi) is 4.21. The zero-order chi connectivity index (χ0) is 20.8. The van der Waals surface area contributed by atoms with Crippen LogP contribution < -0.4 is 5.55 Å². The highest BCUT2D eigenvalue weighted by atomic mass is 79.9. The molecule has 0 amide bonds. The first-order valence-electron chi connectivity index (χ1n) is 9.96. The van der Waals surface area contributed by atoms with Gasteiger partial charge in [0, 0.05) is 9.86 Å². The van der Waals surface area contributed by atoms with Crippen molar-refractivity contribution in [2.24, 2.45) is 4.99 Å². The molecule has 6 rings (SSSR count). The molecule has 0 aliphatic carbocycles. The summed E-state index contributed by atoms with van der Waals surface area (Å²) in [5.74, 6) is 0.730. The van der Waals surface area contributed by atoms with Crippen molar-refractivity contribution >= 4 is 54.4 Å². The minimum absolute atomic E-state index is 0.514. The zero-order valence-electron chi connectivity index (χ0n) is 16.3. The predicted molar refractivity (Wildman–Crippen MR) is 128 cm³/mol. The van der Waals surface area contributed by atoms with Crippen LogP contribution in [0.25, 0.3) is 44.2 Å². The van der Waals surface area contributed by atoms with Crippen molar-refractivity contribution in [3.05, 3.63) is 101 Å². The monoisotopic (exact) mass is 465 g/mol. The molecule has 148 valence electrons. The Hall–Kier alpha value is -3.70. The molecule has 4 nitrogen and oxygen atoms in total. The van der Waals surface area contributed by atoms with E-state index in [9.17, 15) is 0 Å². The Morgan fingerprint density at radius 3 is 2.58 bits per heavy atom. The number of fused-ring (bicyclic) bond motifs is 4. The summed E-state index contributed by atoms with van der Waals surface area (Å²) in [6.07, 6.45) is 0. The molecule has 0 aliphatic heterocycles. The standard InChI is InChI=1S/C26H16BrN3O/c27-17-7-5-8-18(14-17)28-26-21(25-29-22-10-3-4-11-23(22)30-25)15-20-19-9-2-1-6-16(19)12-13-24(20)31-26/h1-15H,(H,29,30). The van der Waals surface area contributed by atoms with E-state index in [4.69, 9.17) is 14.4 Å². The van der Waals surface area contributed by atoms with Gasteiger partial charge in [-0.3, -0.25) is 0 Å². The highest BCUT2D eigenvalue weighted by molar-refractivity contribution is 9.10. The van der Waals surface area contributed by atoms with Crippen molar-refractivity contribution in [2.45, 2.75) is 0 Å². The number of halogens is 1. The average molecular weight is 466 g/mol. The molecule has 0 saturated heterocycles. The van der Waals surface area contributed by atoms with E-state index >= 15 is 0 Å². The van der Waals surface area contributed by atoms with Crippen LogP contribution in [0.3, 0.4) is 0 Å². The van der Waals surface area contributed by atoms with E-state index in [1.807, 2.05) is 66.7 Å². The van der Waals surface area contributed by atoms with Gasteiger partial charge in [0.05, 0.1) is 22.3 Å². The molecule has 0 radical (unpaired) electrons. The highest BCUT2D eigenvalue weighted by Gasteiger charge is 2.13. The molecule has 0 saturated carbocycles. The van der Waals surface area contributed by atoms with Crippen LogP contribution in [0.5, 0.6) is 0 Å². The SMILES string of the molecule is Brc1cccc(N=c2oc3ccc4ccccc4c3cc2-c2nc3ccccc3[nH]2)c1. The molecule has 4 aromatic carbocycles. The second kappa shape index (κ2) is 7.22. The smallest absolute Gasteiger partial charge is 0.230 e. The summed E-state index contributed by atoms with van der Waals surface area (Å²) in [6.45, 7) is 0. The largest absolute Gasteiger partial charge is 0.438 e. The van der Waals surface area contributed by atoms with E-state index in [2.05, 4.69) is 45.2 Å². The predicted octanol–water partition coefficient (Wildman–Crippen LogP) is 7.12. The molecule has 6 aromatic rings. The minimum atomic E-state index is 0.514. The lowest BCUT2D eigenvalue weighted by atomic mass is 10.0. The highest BCUT2D eigenvalue weighted by Crippen LogP contribution is 2.28. The number of nitrogens with zero attached hydrogens (tertiary/aromatic N) is 2. The van der Waals surface area contributed by atoms with Gasteiger partial charge < -0.3 is 9.40 Å². The number of para-hydroxylation sites is 2. The summed E-state index contributed by atoms with van der Waals surface area (Å²) in [7, 11) is 0. The summed E-state index contributed by atoms with van der Waals surface area (Å²) < 4.78 is 7.32. The van der Waals surface area contributed by atoms with Gasteiger partial charge in [-0.1, -0.05) is 64.5 Å². The number of H-pyrrole nitrogens is 1. The van der Waals surface area contributed by atoms with E-state index in [1.165, 1.54) is 0 Å². The number of nitrogens with one attached hydrogen (secondary N) is 1.